The third-order valence-electron chi connectivity index (χ3n) is 2.66. The number of hydrogen-bond acceptors (Lipinski definition) is 4. The van der Waals surface area contributed by atoms with Crippen LogP contribution in [0.3, 0.4) is 0 Å². The number of thiophene rings is 1. The first-order valence-electron chi connectivity index (χ1n) is 5.35. The number of aromatic carboxylic acids is 1. The molecule has 92 valence electrons. The van der Waals surface area contributed by atoms with Gasteiger partial charge in [0.15, 0.2) is 0 Å². The smallest absolute Gasteiger partial charge is 0.338 e. The van der Waals surface area contributed by atoms with Crippen molar-refractivity contribution in [2.75, 3.05) is 5.32 Å². The largest absolute Gasteiger partial charge is 0.478 e. The van der Waals surface area contributed by atoms with E-state index >= 15 is 0 Å². The number of ether oxygens (including phenoxy) is 1. The van der Waals surface area contributed by atoms with Crippen LogP contribution in [-0.4, -0.2) is 29.2 Å². The summed E-state index contributed by atoms with van der Waals surface area (Å²) in [4.78, 5) is 22.7. The van der Waals surface area contributed by atoms with Crippen molar-refractivity contribution in [2.24, 2.45) is 0 Å². The molecule has 0 aromatic carbocycles. The van der Waals surface area contributed by atoms with Gasteiger partial charge in [0.2, 0.25) is 0 Å². The second-order valence-electron chi connectivity index (χ2n) is 3.97. The molecular formula is C11H13NO4S. The van der Waals surface area contributed by atoms with Crippen molar-refractivity contribution in [1.29, 1.82) is 0 Å². The highest BCUT2D eigenvalue weighted by Crippen LogP contribution is 2.25. The van der Waals surface area contributed by atoms with Gasteiger partial charge in [0.1, 0.15) is 11.1 Å². The predicted molar refractivity (Wildman–Crippen MR) is 63.5 cm³/mol. The van der Waals surface area contributed by atoms with Crippen LogP contribution in [0.1, 0.15) is 30.1 Å². The lowest BCUT2D eigenvalue weighted by molar-refractivity contribution is -0.126. The number of hydrogen-bond donors (Lipinski definition) is 2. The van der Waals surface area contributed by atoms with E-state index in [1.807, 2.05) is 6.92 Å². The SMILES string of the molecule is CC1CCC(C(=O)Nc2sccc2C(=O)O)O1. The maximum Gasteiger partial charge on any atom is 0.338 e. The van der Waals surface area contributed by atoms with Crippen molar-refractivity contribution in [3.05, 3.63) is 17.0 Å². The van der Waals surface area contributed by atoms with Gasteiger partial charge >= 0.3 is 5.97 Å². The van der Waals surface area contributed by atoms with Gasteiger partial charge in [-0.15, -0.1) is 11.3 Å². The highest BCUT2D eigenvalue weighted by Gasteiger charge is 2.29. The van der Waals surface area contributed by atoms with Gasteiger partial charge in [-0.2, -0.15) is 0 Å². The third kappa shape index (κ3) is 2.65. The van der Waals surface area contributed by atoms with Gasteiger partial charge in [0, 0.05) is 0 Å². The normalized spacial score (nSPS) is 23.6. The summed E-state index contributed by atoms with van der Waals surface area (Å²) >= 11 is 1.20. The molecular weight excluding hydrogens is 242 g/mol. The van der Waals surface area contributed by atoms with Crippen molar-refractivity contribution >= 4 is 28.2 Å². The molecule has 5 nitrogen and oxygen atoms in total. The maximum atomic E-state index is 11.8. The second-order valence-corrected chi connectivity index (χ2v) is 4.89. The van der Waals surface area contributed by atoms with Crippen molar-refractivity contribution < 1.29 is 19.4 Å². The summed E-state index contributed by atoms with van der Waals surface area (Å²) in [7, 11) is 0. The van der Waals surface area contributed by atoms with Crippen LogP contribution in [0.4, 0.5) is 5.00 Å². The van der Waals surface area contributed by atoms with Crippen LogP contribution in [0.25, 0.3) is 0 Å². The molecule has 0 saturated carbocycles. The molecule has 1 aromatic heterocycles. The lowest BCUT2D eigenvalue weighted by Crippen LogP contribution is -2.27. The van der Waals surface area contributed by atoms with E-state index < -0.39 is 12.1 Å². The van der Waals surface area contributed by atoms with Gasteiger partial charge in [-0.1, -0.05) is 0 Å². The first kappa shape index (κ1) is 12.1. The Hall–Kier alpha value is -1.40. The zero-order chi connectivity index (χ0) is 12.4. The van der Waals surface area contributed by atoms with Gasteiger partial charge in [0.25, 0.3) is 5.91 Å². The van der Waals surface area contributed by atoms with E-state index in [0.717, 1.165) is 6.42 Å². The topological polar surface area (TPSA) is 75.6 Å². The summed E-state index contributed by atoms with van der Waals surface area (Å²) < 4.78 is 5.42. The van der Waals surface area contributed by atoms with Gasteiger partial charge < -0.3 is 15.2 Å². The fourth-order valence-corrected chi connectivity index (χ4v) is 2.54. The van der Waals surface area contributed by atoms with E-state index in [1.54, 1.807) is 5.38 Å². The van der Waals surface area contributed by atoms with Crippen molar-refractivity contribution in [1.82, 2.24) is 0 Å². The lowest BCUT2D eigenvalue weighted by atomic mass is 10.2. The van der Waals surface area contributed by atoms with Crippen molar-refractivity contribution in [2.45, 2.75) is 32.0 Å². The van der Waals surface area contributed by atoms with E-state index in [2.05, 4.69) is 5.32 Å². The Labute approximate surface area is 102 Å². The summed E-state index contributed by atoms with van der Waals surface area (Å²) in [5.74, 6) is -1.30. The molecule has 0 spiro atoms. The zero-order valence-electron chi connectivity index (χ0n) is 9.30. The zero-order valence-corrected chi connectivity index (χ0v) is 10.1. The molecule has 0 bridgehead atoms. The van der Waals surface area contributed by atoms with Gasteiger partial charge in [-0.3, -0.25) is 4.79 Å². The number of carbonyl (C=O) groups excluding carboxylic acids is 1. The minimum Gasteiger partial charge on any atom is -0.478 e. The number of anilines is 1. The molecule has 1 aliphatic rings. The van der Waals surface area contributed by atoms with Gasteiger partial charge in [0.05, 0.1) is 11.7 Å². The number of nitrogens with one attached hydrogen (secondary N) is 1. The molecule has 1 aromatic rings. The molecule has 2 N–H and O–H groups in total. The van der Waals surface area contributed by atoms with Crippen molar-refractivity contribution in [3.63, 3.8) is 0 Å². The molecule has 1 saturated heterocycles. The Morgan fingerprint density at radius 3 is 2.88 bits per heavy atom. The molecule has 2 rings (SSSR count). The molecule has 1 amide bonds. The molecule has 2 atom stereocenters. The number of carbonyl (C=O) groups is 2. The number of amides is 1. The first-order chi connectivity index (χ1) is 8.08. The van der Waals surface area contributed by atoms with Crippen LogP contribution in [0.5, 0.6) is 0 Å². The maximum absolute atomic E-state index is 11.8. The highest BCUT2D eigenvalue weighted by molar-refractivity contribution is 7.14. The quantitative estimate of drug-likeness (QED) is 0.865. The third-order valence-corrected chi connectivity index (χ3v) is 3.49. The molecule has 2 unspecified atom stereocenters. The minimum absolute atomic E-state index is 0.0908. The van der Waals surface area contributed by atoms with E-state index in [9.17, 15) is 9.59 Å². The highest BCUT2D eigenvalue weighted by atomic mass is 32.1. The summed E-state index contributed by atoms with van der Waals surface area (Å²) in [6, 6.07) is 1.47. The molecule has 17 heavy (non-hydrogen) atoms. The predicted octanol–water partition coefficient (Wildman–Crippen LogP) is 1.95. The molecule has 1 fully saturated rings. The number of carboxylic acid groups (broad SMARTS) is 1. The van der Waals surface area contributed by atoms with Crippen LogP contribution < -0.4 is 5.32 Å². The van der Waals surface area contributed by atoms with Gasteiger partial charge in [-0.25, -0.2) is 4.79 Å². The number of carboxylic acids is 1. The Balaban J connectivity index is 2.03. The Morgan fingerprint density at radius 2 is 2.29 bits per heavy atom. The first-order valence-corrected chi connectivity index (χ1v) is 6.23. The van der Waals surface area contributed by atoms with Crippen LogP contribution in [0, 0.1) is 0 Å². The summed E-state index contributed by atoms with van der Waals surface area (Å²) in [5, 5.41) is 13.5. The molecule has 0 aliphatic carbocycles. The minimum atomic E-state index is -1.04. The van der Waals surface area contributed by atoms with Gasteiger partial charge in [-0.05, 0) is 31.2 Å². The van der Waals surface area contributed by atoms with E-state index in [-0.39, 0.29) is 17.6 Å². The summed E-state index contributed by atoms with van der Waals surface area (Å²) in [6.07, 6.45) is 1.16. The lowest BCUT2D eigenvalue weighted by Gasteiger charge is -2.11. The average molecular weight is 255 g/mol. The standard InChI is InChI=1S/C11H13NO4S/c1-6-2-3-8(16-6)9(13)12-10-7(11(14)15)4-5-17-10/h4-6,8H,2-3H2,1H3,(H,12,13)(H,14,15). The summed E-state index contributed by atoms with van der Waals surface area (Å²) in [6.45, 7) is 1.92. The van der Waals surface area contributed by atoms with Crippen LogP contribution in [0.2, 0.25) is 0 Å². The second kappa shape index (κ2) is 4.85. The van der Waals surface area contributed by atoms with Crippen LogP contribution in [-0.2, 0) is 9.53 Å². The molecule has 6 heteroatoms. The monoisotopic (exact) mass is 255 g/mol. The fourth-order valence-electron chi connectivity index (χ4n) is 1.76. The van der Waals surface area contributed by atoms with Crippen LogP contribution in [0.15, 0.2) is 11.4 Å². The average Bonchev–Trinajstić information content (AvgIpc) is 2.86. The van der Waals surface area contributed by atoms with Crippen LogP contribution >= 0.6 is 11.3 Å². The van der Waals surface area contributed by atoms with E-state index in [1.165, 1.54) is 17.4 Å². The molecule has 1 aliphatic heterocycles. The Bertz CT molecular complexity index is 442. The van der Waals surface area contributed by atoms with Crippen molar-refractivity contribution in [3.8, 4) is 0 Å². The Morgan fingerprint density at radius 1 is 1.53 bits per heavy atom. The molecule has 2 heterocycles. The van der Waals surface area contributed by atoms with E-state index in [0.29, 0.717) is 11.4 Å². The van der Waals surface area contributed by atoms with E-state index in [4.69, 9.17) is 9.84 Å². The summed E-state index contributed by atoms with van der Waals surface area (Å²) in [5.41, 5.74) is 0.120. The molecule has 0 radical (unpaired) electrons. The number of rotatable bonds is 3. The Kier molecular flexibility index (Phi) is 3.44. The fraction of sp³-hybridized carbons (Fsp3) is 0.455.